The normalized spacial score (nSPS) is 10.6. The summed E-state index contributed by atoms with van der Waals surface area (Å²) >= 11 is 13.8. The summed E-state index contributed by atoms with van der Waals surface area (Å²) in [5, 5.41) is 4.77. The molecule has 1 aromatic heterocycles. The molecule has 0 aliphatic carbocycles. The van der Waals surface area contributed by atoms with Crippen LogP contribution in [0.2, 0.25) is 10.0 Å². The van der Waals surface area contributed by atoms with Crippen LogP contribution in [-0.2, 0) is 5.75 Å². The van der Waals surface area contributed by atoms with E-state index in [1.807, 2.05) is 18.2 Å². The second kappa shape index (κ2) is 7.77. The van der Waals surface area contributed by atoms with Crippen LogP contribution in [-0.4, -0.2) is 11.5 Å². The summed E-state index contributed by atoms with van der Waals surface area (Å²) in [5.41, 5.74) is 1.17. The predicted octanol–water partition coefficient (Wildman–Crippen LogP) is 5.50. The zero-order valence-electron chi connectivity index (χ0n) is 11.2. The summed E-state index contributed by atoms with van der Waals surface area (Å²) in [6.45, 7) is 3.06. The van der Waals surface area contributed by atoms with Gasteiger partial charge in [0.15, 0.2) is 0 Å². The van der Waals surface area contributed by atoms with Gasteiger partial charge < -0.3 is 5.32 Å². The standard InChI is InChI=1S/C15H16Cl2N2S/c1-2-7-18-15-11(4-3-8-19-15)10-20-14-9-12(16)5-6-13(14)17/h3-6,8-9H,2,7,10H2,1H3,(H,18,19). The smallest absolute Gasteiger partial charge is 0.129 e. The van der Waals surface area contributed by atoms with Gasteiger partial charge in [-0.2, -0.15) is 0 Å². The van der Waals surface area contributed by atoms with Gasteiger partial charge in [-0.15, -0.1) is 11.8 Å². The van der Waals surface area contributed by atoms with Crippen molar-refractivity contribution in [2.24, 2.45) is 0 Å². The molecule has 0 saturated carbocycles. The fourth-order valence-corrected chi connectivity index (χ4v) is 3.18. The minimum absolute atomic E-state index is 0.701. The van der Waals surface area contributed by atoms with E-state index >= 15 is 0 Å². The van der Waals surface area contributed by atoms with Crippen LogP contribution in [0.15, 0.2) is 41.4 Å². The van der Waals surface area contributed by atoms with Crippen molar-refractivity contribution in [3.63, 3.8) is 0 Å². The van der Waals surface area contributed by atoms with Crippen molar-refractivity contribution in [2.45, 2.75) is 24.0 Å². The molecule has 0 aliphatic rings. The molecule has 1 heterocycles. The van der Waals surface area contributed by atoms with E-state index in [1.54, 1.807) is 24.0 Å². The quantitative estimate of drug-likeness (QED) is 0.709. The first-order chi connectivity index (χ1) is 9.70. The summed E-state index contributed by atoms with van der Waals surface area (Å²) in [6.07, 6.45) is 2.88. The predicted molar refractivity (Wildman–Crippen MR) is 89.0 cm³/mol. The van der Waals surface area contributed by atoms with Gasteiger partial charge in [0.1, 0.15) is 5.82 Å². The Morgan fingerprint density at radius 2 is 2.10 bits per heavy atom. The number of anilines is 1. The Bertz CT molecular complexity index is 576. The third kappa shape index (κ3) is 4.30. The lowest BCUT2D eigenvalue weighted by molar-refractivity contribution is 0.965. The number of nitrogens with zero attached hydrogens (tertiary/aromatic N) is 1. The van der Waals surface area contributed by atoms with Gasteiger partial charge in [-0.05, 0) is 30.7 Å². The van der Waals surface area contributed by atoms with E-state index in [1.165, 1.54) is 5.56 Å². The van der Waals surface area contributed by atoms with Crippen LogP contribution < -0.4 is 5.32 Å². The maximum Gasteiger partial charge on any atom is 0.129 e. The van der Waals surface area contributed by atoms with E-state index in [2.05, 4.69) is 23.3 Å². The average Bonchev–Trinajstić information content (AvgIpc) is 2.47. The molecule has 0 saturated heterocycles. The highest BCUT2D eigenvalue weighted by Crippen LogP contribution is 2.33. The first-order valence-corrected chi connectivity index (χ1v) is 8.20. The molecule has 1 N–H and O–H groups in total. The van der Waals surface area contributed by atoms with E-state index in [4.69, 9.17) is 23.2 Å². The minimum atomic E-state index is 0.701. The molecule has 0 unspecified atom stereocenters. The molecule has 0 radical (unpaired) electrons. The van der Waals surface area contributed by atoms with Gasteiger partial charge in [0.05, 0.1) is 5.02 Å². The van der Waals surface area contributed by atoms with Crippen LogP contribution in [0.4, 0.5) is 5.82 Å². The Labute approximate surface area is 133 Å². The molecule has 0 bridgehead atoms. The van der Waals surface area contributed by atoms with E-state index < -0.39 is 0 Å². The number of rotatable bonds is 6. The number of hydrogen-bond acceptors (Lipinski definition) is 3. The van der Waals surface area contributed by atoms with Crippen molar-refractivity contribution >= 4 is 40.8 Å². The number of halogens is 2. The van der Waals surface area contributed by atoms with Crippen LogP contribution in [0, 0.1) is 0 Å². The maximum absolute atomic E-state index is 6.18. The average molecular weight is 327 g/mol. The number of pyridine rings is 1. The molecule has 0 aliphatic heterocycles. The summed E-state index contributed by atoms with van der Waals surface area (Å²) in [4.78, 5) is 5.38. The number of aromatic nitrogens is 1. The fourth-order valence-electron chi connectivity index (χ4n) is 1.70. The fraction of sp³-hybridized carbons (Fsp3) is 0.267. The lowest BCUT2D eigenvalue weighted by Crippen LogP contribution is -2.04. The van der Waals surface area contributed by atoms with Crippen molar-refractivity contribution in [3.05, 3.63) is 52.1 Å². The van der Waals surface area contributed by atoms with Crippen molar-refractivity contribution in [1.29, 1.82) is 0 Å². The first kappa shape index (κ1) is 15.5. The zero-order chi connectivity index (χ0) is 14.4. The molecule has 2 aromatic rings. The Morgan fingerprint density at radius 1 is 1.25 bits per heavy atom. The zero-order valence-corrected chi connectivity index (χ0v) is 13.5. The van der Waals surface area contributed by atoms with Crippen LogP contribution in [0.25, 0.3) is 0 Å². The Balaban J connectivity index is 2.08. The molecule has 106 valence electrons. The molecule has 20 heavy (non-hydrogen) atoms. The number of nitrogens with one attached hydrogen (secondary N) is 1. The third-order valence-electron chi connectivity index (χ3n) is 2.71. The number of hydrogen-bond donors (Lipinski definition) is 1. The molecule has 0 amide bonds. The first-order valence-electron chi connectivity index (χ1n) is 6.46. The summed E-state index contributed by atoms with van der Waals surface area (Å²) < 4.78 is 0. The SMILES string of the molecule is CCCNc1ncccc1CSc1cc(Cl)ccc1Cl. The van der Waals surface area contributed by atoms with Crippen molar-refractivity contribution in [3.8, 4) is 0 Å². The van der Waals surface area contributed by atoms with Gasteiger partial charge in [0.2, 0.25) is 0 Å². The van der Waals surface area contributed by atoms with Gasteiger partial charge >= 0.3 is 0 Å². The van der Waals surface area contributed by atoms with Crippen LogP contribution in [0.1, 0.15) is 18.9 Å². The Hall–Kier alpha value is -0.900. The van der Waals surface area contributed by atoms with Crippen LogP contribution in [0.5, 0.6) is 0 Å². The molecule has 2 nitrogen and oxygen atoms in total. The largest absolute Gasteiger partial charge is 0.370 e. The lowest BCUT2D eigenvalue weighted by Gasteiger charge is -2.10. The molecule has 0 atom stereocenters. The van der Waals surface area contributed by atoms with Crippen molar-refractivity contribution in [2.75, 3.05) is 11.9 Å². The van der Waals surface area contributed by atoms with E-state index in [0.29, 0.717) is 5.02 Å². The van der Waals surface area contributed by atoms with Crippen molar-refractivity contribution in [1.82, 2.24) is 4.98 Å². The Kier molecular flexibility index (Phi) is 6.02. The summed E-state index contributed by atoms with van der Waals surface area (Å²) in [6, 6.07) is 9.55. The Morgan fingerprint density at radius 3 is 2.90 bits per heavy atom. The highest BCUT2D eigenvalue weighted by Gasteiger charge is 2.06. The molecule has 1 aromatic carbocycles. The monoisotopic (exact) mass is 326 g/mol. The highest BCUT2D eigenvalue weighted by atomic mass is 35.5. The van der Waals surface area contributed by atoms with Gasteiger partial charge in [-0.1, -0.05) is 36.2 Å². The van der Waals surface area contributed by atoms with Crippen LogP contribution in [0.3, 0.4) is 0 Å². The number of thioether (sulfide) groups is 1. The maximum atomic E-state index is 6.18. The molecular weight excluding hydrogens is 311 g/mol. The van der Waals surface area contributed by atoms with E-state index in [0.717, 1.165) is 34.5 Å². The second-order valence-electron chi connectivity index (χ2n) is 4.30. The molecule has 2 rings (SSSR count). The molecule has 0 fully saturated rings. The minimum Gasteiger partial charge on any atom is -0.370 e. The third-order valence-corrected chi connectivity index (χ3v) is 4.49. The highest BCUT2D eigenvalue weighted by molar-refractivity contribution is 7.98. The lowest BCUT2D eigenvalue weighted by atomic mass is 10.3. The van der Waals surface area contributed by atoms with Crippen molar-refractivity contribution < 1.29 is 0 Å². The summed E-state index contributed by atoms with van der Waals surface area (Å²) in [5.74, 6) is 1.75. The van der Waals surface area contributed by atoms with E-state index in [9.17, 15) is 0 Å². The van der Waals surface area contributed by atoms with Gasteiger partial charge in [0, 0.05) is 34.0 Å². The van der Waals surface area contributed by atoms with Crippen LogP contribution >= 0.6 is 35.0 Å². The van der Waals surface area contributed by atoms with Gasteiger partial charge in [0.25, 0.3) is 0 Å². The molecular formula is C15H16Cl2N2S. The van der Waals surface area contributed by atoms with E-state index in [-0.39, 0.29) is 0 Å². The number of benzene rings is 1. The molecule has 5 heteroatoms. The van der Waals surface area contributed by atoms with Gasteiger partial charge in [-0.25, -0.2) is 4.98 Å². The molecule has 0 spiro atoms. The second-order valence-corrected chi connectivity index (χ2v) is 6.16. The summed E-state index contributed by atoms with van der Waals surface area (Å²) in [7, 11) is 0. The van der Waals surface area contributed by atoms with Gasteiger partial charge in [-0.3, -0.25) is 0 Å². The topological polar surface area (TPSA) is 24.9 Å².